The van der Waals surface area contributed by atoms with Gasteiger partial charge in [0.1, 0.15) is 17.6 Å². The molecule has 1 aliphatic rings. The lowest BCUT2D eigenvalue weighted by molar-refractivity contribution is -0.150. The number of para-hydroxylation sites is 1. The van der Waals surface area contributed by atoms with Gasteiger partial charge in [0.2, 0.25) is 11.8 Å². The molecule has 0 aliphatic carbocycles. The van der Waals surface area contributed by atoms with Gasteiger partial charge < -0.3 is 15.4 Å². The number of nitriles is 1. The van der Waals surface area contributed by atoms with Crippen molar-refractivity contribution < 1.29 is 27.9 Å². The molecule has 1 aliphatic heterocycles. The molecule has 0 spiro atoms. The van der Waals surface area contributed by atoms with Crippen LogP contribution in [0.2, 0.25) is 0 Å². The van der Waals surface area contributed by atoms with Crippen molar-refractivity contribution in [3.63, 3.8) is 0 Å². The second kappa shape index (κ2) is 10.1. The summed E-state index contributed by atoms with van der Waals surface area (Å²) in [6, 6.07) is 13.0. The Morgan fingerprint density at radius 3 is 2.44 bits per heavy atom. The van der Waals surface area contributed by atoms with Crippen LogP contribution in [0.5, 0.6) is 0 Å². The number of esters is 1. The third kappa shape index (κ3) is 4.78. The number of halogens is 2. The minimum absolute atomic E-state index is 0.00888. The zero-order chi connectivity index (χ0) is 23.3. The lowest BCUT2D eigenvalue weighted by Crippen LogP contribution is -2.44. The number of rotatable bonds is 6. The predicted octanol–water partition coefficient (Wildman–Crippen LogP) is 3.07. The number of ether oxygens (including phenoxy) is 1. The van der Waals surface area contributed by atoms with E-state index in [4.69, 9.17) is 4.74 Å². The zero-order valence-electron chi connectivity index (χ0n) is 16.7. The molecule has 2 atom stereocenters. The molecule has 164 valence electrons. The van der Waals surface area contributed by atoms with E-state index < -0.39 is 41.3 Å². The van der Waals surface area contributed by atoms with Gasteiger partial charge >= 0.3 is 5.97 Å². The Bertz CT molecular complexity index is 1150. The molecule has 2 aromatic rings. The quantitative estimate of drug-likeness (QED) is 0.510. The van der Waals surface area contributed by atoms with Gasteiger partial charge in [-0.05, 0) is 23.8 Å². The van der Waals surface area contributed by atoms with Gasteiger partial charge in [-0.3, -0.25) is 14.4 Å². The Kier molecular flexibility index (Phi) is 7.22. The molecule has 0 aromatic heterocycles. The molecule has 1 heterocycles. The fourth-order valence-corrected chi connectivity index (χ4v) is 4.12. The summed E-state index contributed by atoms with van der Waals surface area (Å²) in [7, 11) is 1.08. The summed E-state index contributed by atoms with van der Waals surface area (Å²) < 4.78 is 33.0. The van der Waals surface area contributed by atoms with Crippen molar-refractivity contribution in [1.82, 2.24) is 5.32 Å². The van der Waals surface area contributed by atoms with E-state index in [1.165, 1.54) is 36.4 Å². The number of carbonyl (C=O) groups is 3. The smallest absolute Gasteiger partial charge is 0.319 e. The van der Waals surface area contributed by atoms with Gasteiger partial charge in [-0.1, -0.05) is 42.1 Å². The molecule has 7 nitrogen and oxygen atoms in total. The Balaban J connectivity index is 1.92. The highest BCUT2D eigenvalue weighted by Crippen LogP contribution is 2.41. The second-order valence-electron chi connectivity index (χ2n) is 6.66. The topological polar surface area (TPSA) is 108 Å². The Morgan fingerprint density at radius 1 is 1.16 bits per heavy atom. The van der Waals surface area contributed by atoms with Crippen LogP contribution in [-0.4, -0.2) is 30.6 Å². The van der Waals surface area contributed by atoms with E-state index in [2.05, 4.69) is 10.6 Å². The highest BCUT2D eigenvalue weighted by molar-refractivity contribution is 8.03. The van der Waals surface area contributed by atoms with Crippen molar-refractivity contribution in [2.75, 3.05) is 18.2 Å². The second-order valence-corrected chi connectivity index (χ2v) is 7.65. The number of nitrogens with one attached hydrogen (secondary N) is 2. The number of amides is 2. The molecule has 2 N–H and O–H groups in total. The lowest BCUT2D eigenvalue weighted by Gasteiger charge is -2.31. The molecule has 3 rings (SSSR count). The van der Waals surface area contributed by atoms with E-state index in [0.717, 1.165) is 24.9 Å². The average molecular weight is 457 g/mol. The molecule has 2 amide bonds. The van der Waals surface area contributed by atoms with E-state index in [-0.39, 0.29) is 27.6 Å². The SMILES string of the molecule is COC(=O)[C@H]1C(=O)NC(SCC(=O)Nc2ccccc2F)=C(C#N)[C@@H]1c1ccccc1F. The van der Waals surface area contributed by atoms with Gasteiger partial charge in [0.15, 0.2) is 0 Å². The molecule has 0 saturated heterocycles. The number of methoxy groups -OCH3 is 1. The first-order valence-corrected chi connectivity index (χ1v) is 10.3. The number of allylic oxidation sites excluding steroid dienone is 1. The summed E-state index contributed by atoms with van der Waals surface area (Å²) in [6.07, 6.45) is 0. The molecule has 10 heteroatoms. The van der Waals surface area contributed by atoms with Crippen molar-refractivity contribution in [2.45, 2.75) is 5.92 Å². The number of anilines is 1. The van der Waals surface area contributed by atoms with Crippen LogP contribution in [0.3, 0.4) is 0 Å². The highest BCUT2D eigenvalue weighted by atomic mass is 32.2. The van der Waals surface area contributed by atoms with Crippen molar-refractivity contribution in [2.24, 2.45) is 5.92 Å². The van der Waals surface area contributed by atoms with Crippen LogP contribution in [0.15, 0.2) is 59.1 Å². The Labute approximate surface area is 186 Å². The monoisotopic (exact) mass is 457 g/mol. The molecule has 0 unspecified atom stereocenters. The molecule has 0 fully saturated rings. The summed E-state index contributed by atoms with van der Waals surface area (Å²) in [5.41, 5.74) is -0.132. The van der Waals surface area contributed by atoms with E-state index >= 15 is 0 Å². The Hall–Kier alpha value is -3.71. The zero-order valence-corrected chi connectivity index (χ0v) is 17.5. The molecule has 0 radical (unpaired) electrons. The first-order chi connectivity index (χ1) is 15.4. The lowest BCUT2D eigenvalue weighted by atomic mass is 9.78. The summed E-state index contributed by atoms with van der Waals surface area (Å²) in [4.78, 5) is 37.3. The van der Waals surface area contributed by atoms with E-state index in [0.29, 0.717) is 0 Å². The minimum atomic E-state index is -1.48. The fourth-order valence-electron chi connectivity index (χ4n) is 3.27. The molecule has 0 bridgehead atoms. The van der Waals surface area contributed by atoms with Crippen LogP contribution < -0.4 is 10.6 Å². The van der Waals surface area contributed by atoms with Gasteiger partial charge in [-0.15, -0.1) is 0 Å². The van der Waals surface area contributed by atoms with Crippen molar-refractivity contribution in [3.8, 4) is 6.07 Å². The van der Waals surface area contributed by atoms with Crippen molar-refractivity contribution >= 4 is 35.2 Å². The van der Waals surface area contributed by atoms with Crippen molar-refractivity contribution in [1.29, 1.82) is 5.26 Å². The van der Waals surface area contributed by atoms with Crippen LogP contribution in [0.4, 0.5) is 14.5 Å². The summed E-state index contributed by atoms with van der Waals surface area (Å²) in [5, 5.41) is 14.6. The van der Waals surface area contributed by atoms with Gasteiger partial charge in [-0.2, -0.15) is 5.26 Å². The van der Waals surface area contributed by atoms with E-state index in [1.54, 1.807) is 6.07 Å². The summed E-state index contributed by atoms with van der Waals surface area (Å²) >= 11 is 0.809. The molecular formula is C22H17F2N3O4S. The van der Waals surface area contributed by atoms with E-state index in [9.17, 15) is 28.4 Å². The van der Waals surface area contributed by atoms with Gasteiger partial charge in [0, 0.05) is 5.92 Å². The van der Waals surface area contributed by atoms with Gasteiger partial charge in [-0.25, -0.2) is 8.78 Å². The standard InChI is InChI=1S/C22H17F2N3O4S/c1-31-22(30)19-18(12-6-2-3-7-14(12)23)13(10-25)21(27-20(19)29)32-11-17(28)26-16-9-5-4-8-15(16)24/h2-9,18-19H,11H2,1H3,(H,26,28)(H,27,29)/t18-,19+/m0/s1. The van der Waals surface area contributed by atoms with Crippen LogP contribution in [-0.2, 0) is 19.1 Å². The van der Waals surface area contributed by atoms with Gasteiger partial charge in [0.05, 0.1) is 35.2 Å². The van der Waals surface area contributed by atoms with Crippen LogP contribution in [0.25, 0.3) is 0 Å². The molecular weight excluding hydrogens is 440 g/mol. The van der Waals surface area contributed by atoms with Gasteiger partial charge in [0.25, 0.3) is 0 Å². The highest BCUT2D eigenvalue weighted by Gasteiger charge is 2.45. The van der Waals surface area contributed by atoms with E-state index in [1.807, 2.05) is 6.07 Å². The number of nitrogens with zero attached hydrogens (tertiary/aromatic N) is 1. The first kappa shape index (κ1) is 23.0. The number of hydrogen-bond donors (Lipinski definition) is 2. The molecule has 32 heavy (non-hydrogen) atoms. The summed E-state index contributed by atoms with van der Waals surface area (Å²) in [5.74, 6) is -6.61. The van der Waals surface area contributed by atoms with Crippen LogP contribution in [0.1, 0.15) is 11.5 Å². The largest absolute Gasteiger partial charge is 0.468 e. The maximum atomic E-state index is 14.6. The first-order valence-electron chi connectivity index (χ1n) is 9.32. The Morgan fingerprint density at radius 2 is 1.81 bits per heavy atom. The molecule has 2 aromatic carbocycles. The van der Waals surface area contributed by atoms with Crippen LogP contribution >= 0.6 is 11.8 Å². The normalized spacial score (nSPS) is 17.9. The van der Waals surface area contributed by atoms with Crippen molar-refractivity contribution in [3.05, 3.63) is 76.3 Å². The number of thioether (sulfide) groups is 1. The maximum Gasteiger partial charge on any atom is 0.319 e. The maximum absolute atomic E-state index is 14.6. The number of hydrogen-bond acceptors (Lipinski definition) is 6. The third-order valence-electron chi connectivity index (χ3n) is 4.72. The summed E-state index contributed by atoms with van der Waals surface area (Å²) in [6.45, 7) is 0. The number of carbonyl (C=O) groups excluding carboxylic acids is 3. The average Bonchev–Trinajstić information content (AvgIpc) is 2.78. The molecule has 0 saturated carbocycles. The predicted molar refractivity (Wildman–Crippen MR) is 113 cm³/mol. The number of benzene rings is 2. The third-order valence-corrected chi connectivity index (χ3v) is 5.74. The fraction of sp³-hybridized carbons (Fsp3) is 0.182. The van der Waals surface area contributed by atoms with Crippen LogP contribution in [0, 0.1) is 28.9 Å². The minimum Gasteiger partial charge on any atom is -0.468 e.